The maximum atomic E-state index is 13.2. The van der Waals surface area contributed by atoms with Gasteiger partial charge in [-0.3, -0.25) is 4.79 Å². The first-order valence-corrected chi connectivity index (χ1v) is 10.4. The third kappa shape index (κ3) is 5.51. The van der Waals surface area contributed by atoms with Gasteiger partial charge in [-0.2, -0.15) is 0 Å². The van der Waals surface area contributed by atoms with Gasteiger partial charge in [0.15, 0.2) is 5.82 Å². The first kappa shape index (κ1) is 22.0. The highest BCUT2D eigenvalue weighted by Crippen LogP contribution is 2.22. The Labute approximate surface area is 191 Å². The molecule has 0 aliphatic carbocycles. The van der Waals surface area contributed by atoms with Gasteiger partial charge in [-0.15, -0.1) is 0 Å². The third-order valence-corrected chi connectivity index (χ3v) is 5.10. The fourth-order valence-corrected chi connectivity index (χ4v) is 3.33. The minimum absolute atomic E-state index is 0.190. The number of benzene rings is 3. The van der Waals surface area contributed by atoms with Crippen LogP contribution >= 0.6 is 0 Å². The summed E-state index contributed by atoms with van der Waals surface area (Å²) in [5.74, 6) is 1.27. The van der Waals surface area contributed by atoms with Crippen LogP contribution in [-0.4, -0.2) is 23.0 Å². The quantitative estimate of drug-likeness (QED) is 0.394. The molecular weight excluding hydrogens is 419 g/mol. The van der Waals surface area contributed by atoms with Crippen LogP contribution in [0.4, 0.5) is 15.9 Å². The molecule has 0 spiro atoms. The first-order chi connectivity index (χ1) is 16.0. The Balaban J connectivity index is 1.47. The fourth-order valence-electron chi connectivity index (χ4n) is 3.33. The Morgan fingerprint density at radius 3 is 2.58 bits per heavy atom. The van der Waals surface area contributed by atoms with E-state index in [1.165, 1.54) is 12.1 Å². The van der Waals surface area contributed by atoms with Crippen molar-refractivity contribution in [1.29, 1.82) is 0 Å². The molecule has 0 aliphatic rings. The molecule has 0 unspecified atom stereocenters. The van der Waals surface area contributed by atoms with E-state index >= 15 is 0 Å². The van der Waals surface area contributed by atoms with Crippen LogP contribution in [0.5, 0.6) is 5.75 Å². The van der Waals surface area contributed by atoms with Gasteiger partial charge in [0.1, 0.15) is 17.4 Å². The number of aromatic nitrogens is 2. The van der Waals surface area contributed by atoms with Crippen LogP contribution in [-0.2, 0) is 0 Å². The van der Waals surface area contributed by atoms with Gasteiger partial charge in [0, 0.05) is 23.0 Å². The van der Waals surface area contributed by atoms with Gasteiger partial charge in [0.05, 0.1) is 13.2 Å². The fraction of sp³-hybridized carbons (Fsp3) is 0.115. The number of ether oxygens (including phenoxy) is 1. The van der Waals surface area contributed by atoms with E-state index < -0.39 is 0 Å². The van der Waals surface area contributed by atoms with E-state index in [0.717, 1.165) is 11.3 Å². The van der Waals surface area contributed by atoms with Crippen molar-refractivity contribution in [2.45, 2.75) is 13.0 Å². The van der Waals surface area contributed by atoms with Crippen LogP contribution in [0.15, 0.2) is 85.1 Å². The Morgan fingerprint density at radius 1 is 1.00 bits per heavy atom. The lowest BCUT2D eigenvalue weighted by Crippen LogP contribution is -2.26. The van der Waals surface area contributed by atoms with Gasteiger partial charge in [-0.1, -0.05) is 18.2 Å². The lowest BCUT2D eigenvalue weighted by Gasteiger charge is -2.16. The summed E-state index contributed by atoms with van der Waals surface area (Å²) in [6.45, 7) is 1.92. The molecule has 7 heteroatoms. The Morgan fingerprint density at radius 2 is 1.79 bits per heavy atom. The highest BCUT2D eigenvalue weighted by Gasteiger charge is 2.13. The topological polar surface area (TPSA) is 76.1 Å². The number of hydrogen-bond acceptors (Lipinski definition) is 5. The Hall–Kier alpha value is -4.26. The number of methoxy groups -OCH3 is 1. The smallest absolute Gasteiger partial charge is 0.251 e. The van der Waals surface area contributed by atoms with Crippen molar-refractivity contribution < 1.29 is 13.9 Å². The molecule has 3 aromatic carbocycles. The number of rotatable bonds is 7. The maximum Gasteiger partial charge on any atom is 0.251 e. The Bertz CT molecular complexity index is 1260. The summed E-state index contributed by atoms with van der Waals surface area (Å²) in [5, 5.41) is 6.21. The standard InChI is InChI=1S/C26H23FN4O2/c1-17(19-5-4-8-23(16-19)33-2)29-26(32)20-6-3-7-22(15-20)30-24-13-14-28-25(31-24)18-9-11-21(27)12-10-18/h3-17H,1-2H3,(H,29,32)(H,28,30,31)/t17-/m0/s1. The Kier molecular flexibility index (Phi) is 6.59. The van der Waals surface area contributed by atoms with E-state index in [-0.39, 0.29) is 17.8 Å². The molecule has 2 N–H and O–H groups in total. The highest BCUT2D eigenvalue weighted by atomic mass is 19.1. The molecule has 4 aromatic rings. The van der Waals surface area contributed by atoms with Gasteiger partial charge in [-0.25, -0.2) is 14.4 Å². The number of halogens is 1. The van der Waals surface area contributed by atoms with Crippen LogP contribution in [0.25, 0.3) is 11.4 Å². The molecule has 4 rings (SSSR count). The van der Waals surface area contributed by atoms with Crippen molar-refractivity contribution in [3.05, 3.63) is 102 Å². The largest absolute Gasteiger partial charge is 0.497 e. The molecule has 1 heterocycles. The normalized spacial score (nSPS) is 11.5. The maximum absolute atomic E-state index is 13.2. The van der Waals surface area contributed by atoms with Gasteiger partial charge in [0.25, 0.3) is 5.91 Å². The first-order valence-electron chi connectivity index (χ1n) is 10.4. The molecule has 0 fully saturated rings. The molecule has 0 saturated heterocycles. The number of nitrogens with one attached hydrogen (secondary N) is 2. The average molecular weight is 442 g/mol. The minimum Gasteiger partial charge on any atom is -0.497 e. The second kappa shape index (κ2) is 9.91. The number of hydrogen-bond donors (Lipinski definition) is 2. The van der Waals surface area contributed by atoms with E-state index in [4.69, 9.17) is 4.74 Å². The van der Waals surface area contributed by atoms with Crippen LogP contribution in [0, 0.1) is 5.82 Å². The summed E-state index contributed by atoms with van der Waals surface area (Å²) >= 11 is 0. The molecule has 1 aromatic heterocycles. The van der Waals surface area contributed by atoms with Gasteiger partial charge >= 0.3 is 0 Å². The van der Waals surface area contributed by atoms with Crippen molar-refractivity contribution in [3.8, 4) is 17.1 Å². The van der Waals surface area contributed by atoms with E-state index in [1.54, 1.807) is 49.7 Å². The molecule has 33 heavy (non-hydrogen) atoms. The van der Waals surface area contributed by atoms with Gasteiger partial charge < -0.3 is 15.4 Å². The van der Waals surface area contributed by atoms with E-state index in [1.807, 2.05) is 37.3 Å². The predicted octanol–water partition coefficient (Wildman–Crippen LogP) is 5.53. The second-order valence-corrected chi connectivity index (χ2v) is 7.45. The summed E-state index contributed by atoms with van der Waals surface area (Å²) in [6.07, 6.45) is 1.63. The molecule has 0 radical (unpaired) electrons. The minimum atomic E-state index is -0.316. The SMILES string of the molecule is COc1cccc([C@H](C)NC(=O)c2cccc(Nc3ccnc(-c4ccc(F)cc4)n3)c2)c1. The monoisotopic (exact) mass is 442 g/mol. The van der Waals surface area contributed by atoms with Gasteiger partial charge in [-0.05, 0) is 73.2 Å². The predicted molar refractivity (Wildman–Crippen MR) is 126 cm³/mol. The molecular formula is C26H23FN4O2. The molecule has 0 aliphatic heterocycles. The van der Waals surface area contributed by atoms with E-state index in [0.29, 0.717) is 28.5 Å². The highest BCUT2D eigenvalue weighted by molar-refractivity contribution is 5.95. The molecule has 0 bridgehead atoms. The lowest BCUT2D eigenvalue weighted by atomic mass is 10.1. The van der Waals surface area contributed by atoms with Crippen molar-refractivity contribution in [2.75, 3.05) is 12.4 Å². The van der Waals surface area contributed by atoms with Crippen molar-refractivity contribution >= 4 is 17.4 Å². The van der Waals surface area contributed by atoms with Crippen LogP contribution in [0.2, 0.25) is 0 Å². The molecule has 0 saturated carbocycles. The molecule has 1 amide bonds. The number of carbonyl (C=O) groups excluding carboxylic acids is 1. The van der Waals surface area contributed by atoms with Crippen molar-refractivity contribution in [3.63, 3.8) is 0 Å². The van der Waals surface area contributed by atoms with Crippen molar-refractivity contribution in [1.82, 2.24) is 15.3 Å². The van der Waals surface area contributed by atoms with Crippen LogP contribution in [0.3, 0.4) is 0 Å². The summed E-state index contributed by atoms with van der Waals surface area (Å²) in [4.78, 5) is 21.6. The molecule has 166 valence electrons. The summed E-state index contributed by atoms with van der Waals surface area (Å²) in [6, 6.07) is 22.3. The van der Waals surface area contributed by atoms with Gasteiger partial charge in [0.2, 0.25) is 0 Å². The molecule has 1 atom stereocenters. The lowest BCUT2D eigenvalue weighted by molar-refractivity contribution is 0.0940. The van der Waals surface area contributed by atoms with Crippen LogP contribution in [0.1, 0.15) is 28.9 Å². The number of carbonyl (C=O) groups is 1. The summed E-state index contributed by atoms with van der Waals surface area (Å²) in [5.41, 5.74) is 2.88. The second-order valence-electron chi connectivity index (χ2n) is 7.45. The zero-order valence-electron chi connectivity index (χ0n) is 18.2. The summed E-state index contributed by atoms with van der Waals surface area (Å²) < 4.78 is 18.5. The van der Waals surface area contributed by atoms with E-state index in [2.05, 4.69) is 20.6 Å². The molecule has 6 nitrogen and oxygen atoms in total. The number of amides is 1. The van der Waals surface area contributed by atoms with E-state index in [9.17, 15) is 9.18 Å². The number of nitrogens with zero attached hydrogens (tertiary/aromatic N) is 2. The zero-order chi connectivity index (χ0) is 23.2. The summed E-state index contributed by atoms with van der Waals surface area (Å²) in [7, 11) is 1.61. The zero-order valence-corrected chi connectivity index (χ0v) is 18.2. The van der Waals surface area contributed by atoms with Crippen molar-refractivity contribution in [2.24, 2.45) is 0 Å². The van der Waals surface area contributed by atoms with Crippen LogP contribution < -0.4 is 15.4 Å². The third-order valence-electron chi connectivity index (χ3n) is 5.10. The average Bonchev–Trinajstić information content (AvgIpc) is 2.85. The number of anilines is 2.